The largest absolute Gasteiger partial charge is 0.345 e. The molecule has 0 heterocycles. The first-order valence-electron chi connectivity index (χ1n) is 8.67. The summed E-state index contributed by atoms with van der Waals surface area (Å²) in [5.74, 6) is -2.90. The SMILES string of the molecule is C[C@@H](NC(=O)c1ccccc1NC(=O)c1ccc(F)cc1F)c1ccccc1. The van der Waals surface area contributed by atoms with Gasteiger partial charge in [0.05, 0.1) is 22.9 Å². The van der Waals surface area contributed by atoms with E-state index in [1.807, 2.05) is 37.3 Å². The number of benzene rings is 3. The number of anilines is 1. The van der Waals surface area contributed by atoms with Gasteiger partial charge < -0.3 is 10.6 Å². The second-order valence-corrected chi connectivity index (χ2v) is 6.23. The first-order chi connectivity index (χ1) is 13.5. The van der Waals surface area contributed by atoms with Crippen molar-refractivity contribution in [3.05, 3.63) is 101 Å². The lowest BCUT2D eigenvalue weighted by molar-refractivity contribution is 0.0940. The van der Waals surface area contributed by atoms with Crippen molar-refractivity contribution in [2.75, 3.05) is 5.32 Å². The summed E-state index contributed by atoms with van der Waals surface area (Å²) in [7, 11) is 0. The molecule has 0 saturated carbocycles. The van der Waals surface area contributed by atoms with Crippen LogP contribution < -0.4 is 10.6 Å². The van der Waals surface area contributed by atoms with Gasteiger partial charge in [-0.1, -0.05) is 42.5 Å². The molecule has 3 rings (SSSR count). The normalized spacial score (nSPS) is 11.5. The Morgan fingerprint density at radius 3 is 2.21 bits per heavy atom. The molecule has 4 nitrogen and oxygen atoms in total. The molecule has 3 aromatic carbocycles. The summed E-state index contributed by atoms with van der Waals surface area (Å²) < 4.78 is 26.9. The molecule has 2 N–H and O–H groups in total. The first kappa shape index (κ1) is 19.2. The van der Waals surface area contributed by atoms with Crippen LogP contribution in [0, 0.1) is 11.6 Å². The number of carbonyl (C=O) groups is 2. The summed E-state index contributed by atoms with van der Waals surface area (Å²) in [5, 5.41) is 5.39. The van der Waals surface area contributed by atoms with Gasteiger partial charge in [0.2, 0.25) is 0 Å². The van der Waals surface area contributed by atoms with Crippen LogP contribution in [0.4, 0.5) is 14.5 Å². The fourth-order valence-corrected chi connectivity index (χ4v) is 2.75. The van der Waals surface area contributed by atoms with Gasteiger partial charge in [0, 0.05) is 6.07 Å². The van der Waals surface area contributed by atoms with Crippen molar-refractivity contribution in [2.24, 2.45) is 0 Å². The molecule has 0 aromatic heterocycles. The second-order valence-electron chi connectivity index (χ2n) is 6.23. The molecule has 0 unspecified atom stereocenters. The zero-order valence-electron chi connectivity index (χ0n) is 15.1. The number of halogens is 2. The molecule has 0 aliphatic carbocycles. The fraction of sp³-hybridized carbons (Fsp3) is 0.0909. The van der Waals surface area contributed by atoms with Crippen LogP contribution in [0.2, 0.25) is 0 Å². The molecule has 0 saturated heterocycles. The van der Waals surface area contributed by atoms with Crippen LogP contribution in [0.15, 0.2) is 72.8 Å². The number of nitrogens with one attached hydrogen (secondary N) is 2. The molecule has 28 heavy (non-hydrogen) atoms. The Balaban J connectivity index is 1.79. The third kappa shape index (κ3) is 4.40. The molecule has 0 spiro atoms. The Bertz CT molecular complexity index is 1010. The summed E-state index contributed by atoms with van der Waals surface area (Å²) >= 11 is 0. The maximum Gasteiger partial charge on any atom is 0.258 e. The number of carbonyl (C=O) groups excluding carboxylic acids is 2. The molecule has 2 amide bonds. The van der Waals surface area contributed by atoms with Crippen molar-refractivity contribution in [1.29, 1.82) is 0 Å². The van der Waals surface area contributed by atoms with Gasteiger partial charge in [0.1, 0.15) is 11.6 Å². The van der Waals surface area contributed by atoms with E-state index >= 15 is 0 Å². The van der Waals surface area contributed by atoms with Crippen LogP contribution in [0.25, 0.3) is 0 Å². The van der Waals surface area contributed by atoms with Crippen molar-refractivity contribution < 1.29 is 18.4 Å². The monoisotopic (exact) mass is 380 g/mol. The van der Waals surface area contributed by atoms with E-state index < -0.39 is 17.5 Å². The smallest absolute Gasteiger partial charge is 0.258 e. The second kappa shape index (κ2) is 8.43. The van der Waals surface area contributed by atoms with Gasteiger partial charge >= 0.3 is 0 Å². The lowest BCUT2D eigenvalue weighted by atomic mass is 10.1. The average Bonchev–Trinajstić information content (AvgIpc) is 2.68. The highest BCUT2D eigenvalue weighted by molar-refractivity contribution is 6.09. The van der Waals surface area contributed by atoms with Gasteiger partial charge in [0.25, 0.3) is 11.8 Å². The number of hydrogen-bond acceptors (Lipinski definition) is 2. The highest BCUT2D eigenvalue weighted by atomic mass is 19.1. The van der Waals surface area contributed by atoms with E-state index in [0.717, 1.165) is 17.7 Å². The molecule has 0 aliphatic heterocycles. The van der Waals surface area contributed by atoms with Crippen molar-refractivity contribution in [3.63, 3.8) is 0 Å². The molecule has 1 atom stereocenters. The molecular weight excluding hydrogens is 362 g/mol. The van der Waals surface area contributed by atoms with Gasteiger partial charge in [-0.3, -0.25) is 9.59 Å². The predicted octanol–water partition coefficient (Wildman–Crippen LogP) is 4.71. The van der Waals surface area contributed by atoms with E-state index in [2.05, 4.69) is 10.6 Å². The topological polar surface area (TPSA) is 58.2 Å². The first-order valence-corrected chi connectivity index (χ1v) is 8.67. The highest BCUT2D eigenvalue weighted by Crippen LogP contribution is 2.19. The summed E-state index contributed by atoms with van der Waals surface area (Å²) in [5.41, 5.74) is 1.09. The van der Waals surface area contributed by atoms with Crippen LogP contribution >= 0.6 is 0 Å². The summed E-state index contributed by atoms with van der Waals surface area (Å²) in [6.45, 7) is 1.85. The standard InChI is InChI=1S/C22H18F2N2O2/c1-14(15-7-3-2-4-8-15)25-22(28)18-9-5-6-10-20(18)26-21(27)17-12-11-16(23)13-19(17)24/h2-14H,1H3,(H,25,28)(H,26,27)/t14-/m1/s1. The van der Waals surface area contributed by atoms with Crippen molar-refractivity contribution in [2.45, 2.75) is 13.0 Å². The lowest BCUT2D eigenvalue weighted by Gasteiger charge is -2.16. The minimum absolute atomic E-state index is 0.231. The van der Waals surface area contributed by atoms with Crippen LogP contribution in [-0.2, 0) is 0 Å². The van der Waals surface area contributed by atoms with Gasteiger partial charge in [0.15, 0.2) is 0 Å². The molecule has 0 aliphatic rings. The number of rotatable bonds is 5. The van der Waals surface area contributed by atoms with E-state index in [9.17, 15) is 18.4 Å². The number of amides is 2. The van der Waals surface area contributed by atoms with Crippen LogP contribution in [0.3, 0.4) is 0 Å². The van der Waals surface area contributed by atoms with Crippen LogP contribution in [-0.4, -0.2) is 11.8 Å². The molecule has 3 aromatic rings. The molecule has 0 radical (unpaired) electrons. The molecule has 0 bridgehead atoms. The zero-order chi connectivity index (χ0) is 20.1. The van der Waals surface area contributed by atoms with Gasteiger partial charge in [-0.2, -0.15) is 0 Å². The molecule has 142 valence electrons. The third-order valence-electron chi connectivity index (χ3n) is 4.24. The van der Waals surface area contributed by atoms with E-state index in [4.69, 9.17) is 0 Å². The number of hydrogen-bond donors (Lipinski definition) is 2. The Hall–Kier alpha value is -3.54. The zero-order valence-corrected chi connectivity index (χ0v) is 15.1. The van der Waals surface area contributed by atoms with E-state index in [-0.39, 0.29) is 28.8 Å². The summed E-state index contributed by atoms with van der Waals surface area (Å²) in [6, 6.07) is 18.3. The van der Waals surface area contributed by atoms with E-state index in [1.54, 1.807) is 24.3 Å². The maximum absolute atomic E-state index is 13.8. The third-order valence-corrected chi connectivity index (χ3v) is 4.24. The van der Waals surface area contributed by atoms with Crippen molar-refractivity contribution in [1.82, 2.24) is 5.32 Å². The van der Waals surface area contributed by atoms with Crippen molar-refractivity contribution >= 4 is 17.5 Å². The Morgan fingerprint density at radius 2 is 1.50 bits per heavy atom. The fourth-order valence-electron chi connectivity index (χ4n) is 2.75. The summed E-state index contributed by atoms with van der Waals surface area (Å²) in [4.78, 5) is 25.1. The minimum Gasteiger partial charge on any atom is -0.345 e. The molecule has 6 heteroatoms. The predicted molar refractivity (Wildman–Crippen MR) is 103 cm³/mol. The van der Waals surface area contributed by atoms with E-state index in [0.29, 0.717) is 6.07 Å². The minimum atomic E-state index is -0.975. The highest BCUT2D eigenvalue weighted by Gasteiger charge is 2.18. The van der Waals surface area contributed by atoms with Gasteiger partial charge in [-0.15, -0.1) is 0 Å². The Morgan fingerprint density at radius 1 is 0.821 bits per heavy atom. The van der Waals surface area contributed by atoms with Crippen LogP contribution in [0.1, 0.15) is 39.2 Å². The van der Waals surface area contributed by atoms with E-state index in [1.165, 1.54) is 0 Å². The summed E-state index contributed by atoms with van der Waals surface area (Å²) in [6.07, 6.45) is 0. The van der Waals surface area contributed by atoms with Crippen molar-refractivity contribution in [3.8, 4) is 0 Å². The quantitative estimate of drug-likeness (QED) is 0.674. The molecular formula is C22H18F2N2O2. The Labute approximate surface area is 161 Å². The average molecular weight is 380 g/mol. The Kier molecular flexibility index (Phi) is 5.79. The van der Waals surface area contributed by atoms with Gasteiger partial charge in [-0.25, -0.2) is 8.78 Å². The molecule has 0 fully saturated rings. The maximum atomic E-state index is 13.8. The van der Waals surface area contributed by atoms with Crippen LogP contribution in [0.5, 0.6) is 0 Å². The lowest BCUT2D eigenvalue weighted by Crippen LogP contribution is -2.28. The van der Waals surface area contributed by atoms with Gasteiger partial charge in [-0.05, 0) is 36.8 Å². The number of para-hydroxylation sites is 1.